The Bertz CT molecular complexity index is 848. The Morgan fingerprint density at radius 2 is 2.05 bits per heavy atom. The van der Waals surface area contributed by atoms with Crippen LogP contribution in [0.4, 0.5) is 5.69 Å². The van der Waals surface area contributed by atoms with Gasteiger partial charge in [0, 0.05) is 24.1 Å². The topological polar surface area (TPSA) is 74.4 Å². The lowest BCUT2D eigenvalue weighted by Crippen LogP contribution is -2.11. The van der Waals surface area contributed by atoms with Crippen molar-refractivity contribution < 1.29 is 14.5 Å². The van der Waals surface area contributed by atoms with Gasteiger partial charge in [0.1, 0.15) is 10.5 Å². The van der Waals surface area contributed by atoms with Crippen molar-refractivity contribution in [1.29, 1.82) is 0 Å². The third kappa shape index (κ3) is 2.46. The van der Waals surface area contributed by atoms with Crippen LogP contribution >= 0.6 is 11.3 Å². The summed E-state index contributed by atoms with van der Waals surface area (Å²) in [6, 6.07) is 10.0. The van der Waals surface area contributed by atoms with Crippen molar-refractivity contribution in [2.75, 3.05) is 7.11 Å². The summed E-state index contributed by atoms with van der Waals surface area (Å²) < 4.78 is 6.69. The van der Waals surface area contributed by atoms with Crippen molar-refractivity contribution in [3.63, 3.8) is 0 Å². The Labute approximate surface area is 129 Å². The van der Waals surface area contributed by atoms with E-state index in [9.17, 15) is 14.9 Å². The van der Waals surface area contributed by atoms with Crippen molar-refractivity contribution in [1.82, 2.24) is 4.57 Å². The Morgan fingerprint density at radius 3 is 2.68 bits per heavy atom. The molecule has 1 aromatic carbocycles. The van der Waals surface area contributed by atoms with Crippen molar-refractivity contribution >= 4 is 33.2 Å². The highest BCUT2D eigenvalue weighted by Gasteiger charge is 2.17. The fraction of sp³-hybridized carbons (Fsp3) is 0.133. The van der Waals surface area contributed by atoms with Crippen LogP contribution in [0.15, 0.2) is 41.8 Å². The van der Waals surface area contributed by atoms with Crippen molar-refractivity contribution in [3.05, 3.63) is 63.1 Å². The van der Waals surface area contributed by atoms with Gasteiger partial charge in [-0.15, -0.1) is 11.3 Å². The lowest BCUT2D eigenvalue weighted by atomic mass is 10.2. The van der Waals surface area contributed by atoms with Crippen LogP contribution in [-0.2, 0) is 11.3 Å². The molecule has 0 amide bonds. The highest BCUT2D eigenvalue weighted by atomic mass is 32.1. The monoisotopic (exact) mass is 316 g/mol. The second kappa shape index (κ2) is 5.61. The fourth-order valence-electron chi connectivity index (χ4n) is 2.31. The van der Waals surface area contributed by atoms with E-state index in [-0.39, 0.29) is 5.69 Å². The van der Waals surface area contributed by atoms with Crippen LogP contribution in [0, 0.1) is 10.1 Å². The molecule has 6 nitrogen and oxygen atoms in total. The van der Waals surface area contributed by atoms with E-state index in [1.807, 2.05) is 16.0 Å². The first kappa shape index (κ1) is 14.3. The van der Waals surface area contributed by atoms with E-state index in [0.29, 0.717) is 12.2 Å². The molecule has 0 fully saturated rings. The van der Waals surface area contributed by atoms with Crippen LogP contribution in [0.1, 0.15) is 16.1 Å². The number of esters is 1. The van der Waals surface area contributed by atoms with E-state index in [1.54, 1.807) is 18.2 Å². The van der Waals surface area contributed by atoms with Crippen LogP contribution in [-0.4, -0.2) is 22.6 Å². The molecule has 0 saturated carbocycles. The highest BCUT2D eigenvalue weighted by Crippen LogP contribution is 2.27. The number of nitro benzene ring substituents is 1. The van der Waals surface area contributed by atoms with Gasteiger partial charge in [-0.1, -0.05) is 12.1 Å². The van der Waals surface area contributed by atoms with Crippen LogP contribution < -0.4 is 0 Å². The number of nitro groups is 1. The van der Waals surface area contributed by atoms with Crippen LogP contribution in [0.3, 0.4) is 0 Å². The third-order valence-electron chi connectivity index (χ3n) is 3.38. The first-order valence-electron chi connectivity index (χ1n) is 6.48. The standard InChI is InChI=1S/C15H12N2O4S/c1-21-15(18)13-8-11-6-7-22-14(11)16(13)9-10-2-4-12(5-3-10)17(19)20/h2-8H,9H2,1H3. The maximum atomic E-state index is 11.9. The molecule has 0 unspecified atom stereocenters. The number of aromatic nitrogens is 1. The number of ether oxygens (including phenoxy) is 1. The van der Waals surface area contributed by atoms with E-state index in [0.717, 1.165) is 15.8 Å². The molecule has 3 aromatic rings. The van der Waals surface area contributed by atoms with E-state index in [1.165, 1.54) is 30.6 Å². The number of thiophene rings is 1. The predicted molar refractivity (Wildman–Crippen MR) is 83.4 cm³/mol. The molecular formula is C15H12N2O4S. The van der Waals surface area contributed by atoms with E-state index < -0.39 is 10.9 Å². The molecular weight excluding hydrogens is 304 g/mol. The normalized spacial score (nSPS) is 10.8. The van der Waals surface area contributed by atoms with Crippen LogP contribution in [0.5, 0.6) is 0 Å². The first-order valence-corrected chi connectivity index (χ1v) is 7.36. The Balaban J connectivity index is 2.00. The minimum atomic E-state index is -0.434. The van der Waals surface area contributed by atoms with E-state index in [4.69, 9.17) is 4.74 Å². The number of fused-ring (bicyclic) bond motifs is 1. The molecule has 0 aliphatic heterocycles. The minimum Gasteiger partial charge on any atom is -0.464 e. The summed E-state index contributed by atoms with van der Waals surface area (Å²) in [5, 5.41) is 13.6. The minimum absolute atomic E-state index is 0.0470. The van der Waals surface area contributed by atoms with Gasteiger partial charge >= 0.3 is 5.97 Å². The lowest BCUT2D eigenvalue weighted by Gasteiger charge is -2.08. The molecule has 0 atom stereocenters. The van der Waals surface area contributed by atoms with E-state index >= 15 is 0 Å². The molecule has 0 N–H and O–H groups in total. The van der Waals surface area contributed by atoms with Gasteiger partial charge in [0.05, 0.1) is 12.0 Å². The molecule has 112 valence electrons. The molecule has 0 bridgehead atoms. The van der Waals surface area contributed by atoms with Gasteiger partial charge < -0.3 is 9.30 Å². The number of hydrogen-bond acceptors (Lipinski definition) is 5. The first-order chi connectivity index (χ1) is 10.6. The SMILES string of the molecule is COC(=O)c1cc2ccsc2n1Cc1ccc([N+](=O)[O-])cc1. The summed E-state index contributed by atoms with van der Waals surface area (Å²) in [7, 11) is 1.35. The predicted octanol–water partition coefficient (Wildman–Crippen LogP) is 3.45. The van der Waals surface area contributed by atoms with Gasteiger partial charge in [-0.3, -0.25) is 10.1 Å². The highest BCUT2D eigenvalue weighted by molar-refractivity contribution is 7.16. The average Bonchev–Trinajstić information content (AvgIpc) is 3.09. The van der Waals surface area contributed by atoms with Crippen LogP contribution in [0.25, 0.3) is 10.2 Å². The molecule has 22 heavy (non-hydrogen) atoms. The Morgan fingerprint density at radius 1 is 1.32 bits per heavy atom. The van der Waals surface area contributed by atoms with Gasteiger partial charge in [-0.25, -0.2) is 4.79 Å². The van der Waals surface area contributed by atoms with Gasteiger partial charge in [-0.05, 0) is 23.1 Å². The van der Waals surface area contributed by atoms with E-state index in [2.05, 4.69) is 0 Å². The Kier molecular flexibility index (Phi) is 3.64. The van der Waals surface area contributed by atoms with Crippen LogP contribution in [0.2, 0.25) is 0 Å². The lowest BCUT2D eigenvalue weighted by molar-refractivity contribution is -0.384. The summed E-state index contributed by atoms with van der Waals surface area (Å²) in [5.74, 6) is -0.398. The molecule has 0 aliphatic carbocycles. The maximum Gasteiger partial charge on any atom is 0.354 e. The fourth-order valence-corrected chi connectivity index (χ4v) is 3.21. The molecule has 0 radical (unpaired) electrons. The number of benzene rings is 1. The van der Waals surface area contributed by atoms with Gasteiger partial charge in [-0.2, -0.15) is 0 Å². The quantitative estimate of drug-likeness (QED) is 0.420. The molecule has 7 heteroatoms. The molecule has 0 saturated heterocycles. The zero-order chi connectivity index (χ0) is 15.7. The zero-order valence-electron chi connectivity index (χ0n) is 11.7. The number of hydrogen-bond donors (Lipinski definition) is 0. The van der Waals surface area contributed by atoms with Crippen molar-refractivity contribution in [2.45, 2.75) is 6.54 Å². The number of nitrogens with zero attached hydrogens (tertiary/aromatic N) is 2. The largest absolute Gasteiger partial charge is 0.464 e. The molecule has 3 rings (SSSR count). The van der Waals surface area contributed by atoms with Crippen molar-refractivity contribution in [2.24, 2.45) is 0 Å². The summed E-state index contributed by atoms with van der Waals surface area (Å²) in [5.41, 5.74) is 1.40. The average molecular weight is 316 g/mol. The zero-order valence-corrected chi connectivity index (χ0v) is 12.5. The second-order valence-electron chi connectivity index (χ2n) is 4.71. The summed E-state index contributed by atoms with van der Waals surface area (Å²) in [6.07, 6.45) is 0. The maximum absolute atomic E-state index is 11.9. The number of non-ortho nitro benzene ring substituents is 1. The second-order valence-corrected chi connectivity index (χ2v) is 5.61. The molecule has 0 aliphatic rings. The van der Waals surface area contributed by atoms with Gasteiger partial charge in [0.25, 0.3) is 5.69 Å². The molecule has 2 aromatic heterocycles. The summed E-state index contributed by atoms with van der Waals surface area (Å²) in [4.78, 5) is 23.1. The van der Waals surface area contributed by atoms with Gasteiger partial charge in [0.15, 0.2) is 0 Å². The third-order valence-corrected chi connectivity index (χ3v) is 4.34. The number of carbonyl (C=O) groups is 1. The summed E-state index contributed by atoms with van der Waals surface area (Å²) in [6.45, 7) is 0.451. The Hall–Kier alpha value is -2.67. The molecule has 2 heterocycles. The van der Waals surface area contributed by atoms with Crippen molar-refractivity contribution in [3.8, 4) is 0 Å². The number of methoxy groups -OCH3 is 1. The summed E-state index contributed by atoms with van der Waals surface area (Å²) >= 11 is 1.54. The molecule has 0 spiro atoms. The number of carbonyl (C=O) groups excluding carboxylic acids is 1. The van der Waals surface area contributed by atoms with Gasteiger partial charge in [0.2, 0.25) is 0 Å². The number of rotatable bonds is 4. The smallest absolute Gasteiger partial charge is 0.354 e.